The van der Waals surface area contributed by atoms with Crippen LogP contribution in [0.4, 0.5) is 4.39 Å². The van der Waals surface area contributed by atoms with Crippen LogP contribution in [0.5, 0.6) is 0 Å². The van der Waals surface area contributed by atoms with E-state index in [-0.39, 0.29) is 12.5 Å². The third-order valence-corrected chi connectivity index (χ3v) is 2.78. The molecule has 0 aromatic rings. The van der Waals surface area contributed by atoms with Gasteiger partial charge in [-0.2, -0.15) is 0 Å². The monoisotopic (exact) mass is 251 g/mol. The lowest BCUT2D eigenvalue weighted by Gasteiger charge is -2.28. The van der Waals surface area contributed by atoms with Gasteiger partial charge in [-0.1, -0.05) is 43.9 Å². The molecule has 0 rings (SSSR count). The number of carbonyl (C=O) groups excluding carboxylic acids is 1. The lowest BCUT2D eigenvalue weighted by molar-refractivity contribution is -0.132. The minimum Gasteiger partial charge on any atom is -0.339 e. The summed E-state index contributed by atoms with van der Waals surface area (Å²) in [6, 6.07) is 0. The normalized spacial score (nSPS) is 13.4. The van der Waals surface area contributed by atoms with Crippen molar-refractivity contribution >= 4 is 15.1 Å². The van der Waals surface area contributed by atoms with Gasteiger partial charge in [0.05, 0.1) is 6.54 Å². The minimum atomic E-state index is -1.33. The summed E-state index contributed by atoms with van der Waals surface area (Å²) in [4.78, 5) is 13.1. The maximum atomic E-state index is 13.7. The summed E-state index contributed by atoms with van der Waals surface area (Å²) in [6.07, 6.45) is 1.73. The molecule has 4 heteroatoms. The van der Waals surface area contributed by atoms with Crippen molar-refractivity contribution in [3.05, 3.63) is 0 Å². The number of alkyl halides is 1. The molecule has 0 bridgehead atoms. The zero-order valence-corrected chi connectivity index (χ0v) is 12.5. The topological polar surface area (TPSA) is 20.3 Å². The first-order chi connectivity index (χ1) is 7.46. The van der Waals surface area contributed by atoms with Crippen molar-refractivity contribution < 1.29 is 9.18 Å². The number of hydrogen-bond donors (Lipinski definition) is 0. The molecule has 2 atom stereocenters. The third kappa shape index (κ3) is 8.04. The summed E-state index contributed by atoms with van der Waals surface area (Å²) in [5.74, 6) is 0.0322. The first kappa shape index (κ1) is 18.2. The van der Waals surface area contributed by atoms with E-state index in [1.165, 1.54) is 0 Å². The highest BCUT2D eigenvalue weighted by Crippen LogP contribution is 2.25. The van der Waals surface area contributed by atoms with E-state index in [1.54, 1.807) is 18.7 Å². The van der Waals surface area contributed by atoms with Crippen LogP contribution in [0.1, 0.15) is 53.9 Å². The van der Waals surface area contributed by atoms with E-state index >= 15 is 0 Å². The second-order valence-corrected chi connectivity index (χ2v) is 4.59. The average Bonchev–Trinajstić information content (AvgIpc) is 2.30. The quantitative estimate of drug-likeness (QED) is 0.660. The van der Waals surface area contributed by atoms with Crippen molar-refractivity contribution in [3.63, 3.8) is 0 Å². The largest absolute Gasteiger partial charge is 0.339 e. The molecule has 0 N–H and O–H groups in total. The van der Waals surface area contributed by atoms with Crippen LogP contribution in [0.15, 0.2) is 0 Å². The van der Waals surface area contributed by atoms with Crippen LogP contribution in [0, 0.1) is 0 Å². The first-order valence-corrected chi connectivity index (χ1v) is 6.80. The number of nitrogens with zero attached hydrogens (tertiary/aromatic N) is 1. The second-order valence-electron chi connectivity index (χ2n) is 3.56. The fourth-order valence-corrected chi connectivity index (χ4v) is 1.43. The summed E-state index contributed by atoms with van der Waals surface area (Å²) < 4.78 is 13.7. The molecule has 0 saturated heterocycles. The Labute approximate surface area is 102 Å². The SMILES string of the molecule is CC.CCCN(CC(F)(P)CC)C(=O)CC. The molecule has 0 aliphatic carbocycles. The van der Waals surface area contributed by atoms with Crippen molar-refractivity contribution in [1.82, 2.24) is 4.90 Å². The molecular weight excluding hydrogens is 224 g/mol. The van der Waals surface area contributed by atoms with Gasteiger partial charge in [-0.05, 0) is 12.8 Å². The number of amides is 1. The van der Waals surface area contributed by atoms with Crippen LogP contribution in [0.25, 0.3) is 0 Å². The Kier molecular flexibility index (Phi) is 11.4. The summed E-state index contributed by atoms with van der Waals surface area (Å²) in [6.45, 7) is 10.4. The smallest absolute Gasteiger partial charge is 0.222 e. The molecule has 1 amide bonds. The van der Waals surface area contributed by atoms with Crippen LogP contribution in [-0.4, -0.2) is 29.3 Å². The molecule has 2 nitrogen and oxygen atoms in total. The Morgan fingerprint density at radius 1 is 1.31 bits per heavy atom. The van der Waals surface area contributed by atoms with Gasteiger partial charge in [-0.3, -0.25) is 4.79 Å². The first-order valence-electron chi connectivity index (χ1n) is 6.22. The molecule has 0 aliphatic heterocycles. The molecule has 0 aliphatic rings. The standard InChI is InChI=1S/C10H21FNOP.C2H6/c1-4-7-12(9(13)5-2)8-10(11,14)6-3;1-2/h4-8,14H2,1-3H3;1-2H3. The predicted molar refractivity (Wildman–Crippen MR) is 72.4 cm³/mol. The van der Waals surface area contributed by atoms with Crippen molar-refractivity contribution in [3.8, 4) is 0 Å². The molecule has 0 heterocycles. The fraction of sp³-hybridized carbons (Fsp3) is 0.917. The van der Waals surface area contributed by atoms with Crippen molar-refractivity contribution in [2.45, 2.75) is 59.3 Å². The Bertz CT molecular complexity index is 186. The lowest BCUT2D eigenvalue weighted by atomic mass is 10.2. The Morgan fingerprint density at radius 2 is 1.81 bits per heavy atom. The maximum Gasteiger partial charge on any atom is 0.222 e. The molecule has 0 fully saturated rings. The van der Waals surface area contributed by atoms with E-state index in [9.17, 15) is 9.18 Å². The molecule has 0 aromatic carbocycles. The molecule has 98 valence electrons. The van der Waals surface area contributed by atoms with E-state index in [2.05, 4.69) is 9.24 Å². The van der Waals surface area contributed by atoms with Gasteiger partial charge < -0.3 is 4.90 Å². The van der Waals surface area contributed by atoms with Gasteiger partial charge in [-0.25, -0.2) is 4.39 Å². The highest BCUT2D eigenvalue weighted by Gasteiger charge is 2.26. The molecule has 0 radical (unpaired) electrons. The van der Waals surface area contributed by atoms with E-state index in [1.807, 2.05) is 20.8 Å². The Balaban J connectivity index is 0. The predicted octanol–water partition coefficient (Wildman–Crippen LogP) is 3.61. The van der Waals surface area contributed by atoms with Gasteiger partial charge in [-0.15, -0.1) is 0 Å². The van der Waals surface area contributed by atoms with Gasteiger partial charge in [0.15, 0.2) is 0 Å². The lowest BCUT2D eigenvalue weighted by Crippen LogP contribution is -2.39. The minimum absolute atomic E-state index is 0.0322. The number of carbonyl (C=O) groups is 1. The molecular formula is C12H27FNOP. The van der Waals surface area contributed by atoms with E-state index in [4.69, 9.17) is 0 Å². The number of hydrogen-bond acceptors (Lipinski definition) is 1. The van der Waals surface area contributed by atoms with Gasteiger partial charge in [0.25, 0.3) is 0 Å². The van der Waals surface area contributed by atoms with E-state index in [0.717, 1.165) is 6.42 Å². The zero-order valence-electron chi connectivity index (χ0n) is 11.3. The van der Waals surface area contributed by atoms with E-state index < -0.39 is 5.41 Å². The summed E-state index contributed by atoms with van der Waals surface area (Å²) in [5, 5.41) is -1.33. The zero-order chi connectivity index (χ0) is 13.2. The van der Waals surface area contributed by atoms with Gasteiger partial charge in [0.1, 0.15) is 5.41 Å². The van der Waals surface area contributed by atoms with Crippen molar-refractivity contribution in [2.75, 3.05) is 13.1 Å². The molecule has 2 unspecified atom stereocenters. The highest BCUT2D eigenvalue weighted by molar-refractivity contribution is 7.18. The Morgan fingerprint density at radius 3 is 2.12 bits per heavy atom. The summed E-state index contributed by atoms with van der Waals surface area (Å²) in [5.41, 5.74) is 0. The number of halogens is 1. The van der Waals surface area contributed by atoms with Gasteiger partial charge in [0.2, 0.25) is 5.91 Å². The molecule has 0 aromatic heterocycles. The summed E-state index contributed by atoms with van der Waals surface area (Å²) in [7, 11) is 2.19. The number of rotatable bonds is 6. The molecule has 0 spiro atoms. The van der Waals surface area contributed by atoms with Gasteiger partial charge >= 0.3 is 0 Å². The van der Waals surface area contributed by atoms with Crippen LogP contribution < -0.4 is 0 Å². The van der Waals surface area contributed by atoms with Crippen LogP contribution in [0.2, 0.25) is 0 Å². The average molecular weight is 251 g/mol. The fourth-order valence-electron chi connectivity index (χ4n) is 1.21. The van der Waals surface area contributed by atoms with Crippen molar-refractivity contribution in [2.24, 2.45) is 0 Å². The van der Waals surface area contributed by atoms with Crippen LogP contribution in [-0.2, 0) is 4.79 Å². The van der Waals surface area contributed by atoms with Crippen LogP contribution in [0.3, 0.4) is 0 Å². The third-order valence-electron chi connectivity index (χ3n) is 2.19. The highest BCUT2D eigenvalue weighted by atomic mass is 31.0. The maximum absolute atomic E-state index is 13.7. The van der Waals surface area contributed by atoms with Crippen LogP contribution >= 0.6 is 9.24 Å². The summed E-state index contributed by atoms with van der Waals surface area (Å²) >= 11 is 0. The molecule has 0 saturated carbocycles. The Hall–Kier alpha value is -0.170. The van der Waals surface area contributed by atoms with Gasteiger partial charge in [0, 0.05) is 13.0 Å². The molecule has 16 heavy (non-hydrogen) atoms. The van der Waals surface area contributed by atoms with E-state index in [0.29, 0.717) is 19.4 Å². The second kappa shape index (κ2) is 10.0. The van der Waals surface area contributed by atoms with Crippen molar-refractivity contribution in [1.29, 1.82) is 0 Å².